The molecule has 1 aromatic heterocycles. The molecular formula is C17H15F5N4O2. The standard InChI is InChI=1S/C17H15F5N4O2/c1-16(17(21,22)8-28-15(23)24-16)10-6-9(2-3-11(10)18)7-13(27)12-4-5-26(25-12)14(19)20/h2-6,14H,7-8H2,1H3,(H2,23,24)/t16-/m1/s1. The van der Waals surface area contributed by atoms with Crippen molar-refractivity contribution in [3.05, 3.63) is 53.1 Å². The molecule has 0 unspecified atom stereocenters. The second-order valence-corrected chi connectivity index (χ2v) is 6.39. The number of nitrogens with two attached hydrogens (primary N) is 1. The number of nitrogens with zero attached hydrogens (tertiary/aromatic N) is 3. The number of rotatable bonds is 5. The highest BCUT2D eigenvalue weighted by atomic mass is 19.3. The molecule has 150 valence electrons. The molecule has 0 saturated carbocycles. The molecule has 0 amide bonds. The number of carbonyl (C=O) groups excluding carboxylic acids is 1. The predicted molar refractivity (Wildman–Crippen MR) is 87.8 cm³/mol. The minimum atomic E-state index is -3.56. The molecule has 1 aromatic carbocycles. The van der Waals surface area contributed by atoms with Crippen LogP contribution in [0.25, 0.3) is 0 Å². The van der Waals surface area contributed by atoms with Crippen LogP contribution in [0.15, 0.2) is 35.5 Å². The van der Waals surface area contributed by atoms with Crippen molar-refractivity contribution < 1.29 is 31.5 Å². The molecule has 3 rings (SSSR count). The number of Topliss-reactive ketones (excluding diaryl/α,β-unsaturated/α-hetero) is 1. The van der Waals surface area contributed by atoms with Crippen LogP contribution in [0, 0.1) is 5.82 Å². The molecule has 0 radical (unpaired) electrons. The molecule has 2 N–H and O–H groups in total. The third kappa shape index (κ3) is 3.43. The van der Waals surface area contributed by atoms with Crippen LogP contribution >= 0.6 is 0 Å². The van der Waals surface area contributed by atoms with Gasteiger partial charge in [-0.3, -0.25) is 4.79 Å². The fourth-order valence-corrected chi connectivity index (χ4v) is 2.82. The Morgan fingerprint density at radius 2 is 2.07 bits per heavy atom. The Labute approximate surface area is 155 Å². The van der Waals surface area contributed by atoms with E-state index in [1.165, 1.54) is 6.07 Å². The van der Waals surface area contributed by atoms with Crippen molar-refractivity contribution in [3.63, 3.8) is 0 Å². The Kier molecular flexibility index (Phi) is 4.86. The van der Waals surface area contributed by atoms with Gasteiger partial charge in [0.2, 0.25) is 0 Å². The van der Waals surface area contributed by atoms with Crippen molar-refractivity contribution in [2.45, 2.75) is 31.4 Å². The summed E-state index contributed by atoms with van der Waals surface area (Å²) in [6, 6.07) is 3.84. The second kappa shape index (κ2) is 6.88. The smallest absolute Gasteiger partial charge is 0.333 e. The number of hydrogen-bond donors (Lipinski definition) is 1. The summed E-state index contributed by atoms with van der Waals surface area (Å²) >= 11 is 0. The third-order valence-corrected chi connectivity index (χ3v) is 4.46. The first kappa shape index (κ1) is 19.8. The van der Waals surface area contributed by atoms with Crippen LogP contribution in [-0.2, 0) is 16.7 Å². The summed E-state index contributed by atoms with van der Waals surface area (Å²) in [6.45, 7) is -2.97. The summed E-state index contributed by atoms with van der Waals surface area (Å²) in [7, 11) is 0. The molecule has 28 heavy (non-hydrogen) atoms. The normalized spacial score (nSPS) is 21.3. The Morgan fingerprint density at radius 3 is 2.71 bits per heavy atom. The lowest BCUT2D eigenvalue weighted by Gasteiger charge is -2.37. The van der Waals surface area contributed by atoms with E-state index in [0.717, 1.165) is 31.3 Å². The SMILES string of the molecule is C[C@]1(c2cc(CC(=O)c3ccn(C(F)F)n3)ccc2F)N=C(N)OCC1(F)F. The maximum atomic E-state index is 14.4. The molecular weight excluding hydrogens is 387 g/mol. The average molecular weight is 402 g/mol. The molecule has 0 saturated heterocycles. The topological polar surface area (TPSA) is 82.5 Å². The van der Waals surface area contributed by atoms with E-state index in [0.29, 0.717) is 4.68 Å². The van der Waals surface area contributed by atoms with Crippen LogP contribution in [0.3, 0.4) is 0 Å². The fourth-order valence-electron chi connectivity index (χ4n) is 2.82. The predicted octanol–water partition coefficient (Wildman–Crippen LogP) is 3.04. The lowest BCUT2D eigenvalue weighted by Crippen LogP contribution is -2.51. The average Bonchev–Trinajstić information content (AvgIpc) is 3.11. The van der Waals surface area contributed by atoms with Crippen LogP contribution in [0.5, 0.6) is 0 Å². The maximum Gasteiger partial charge on any atom is 0.333 e. The zero-order valence-corrected chi connectivity index (χ0v) is 14.5. The summed E-state index contributed by atoms with van der Waals surface area (Å²) in [6.07, 6.45) is 0.583. The van der Waals surface area contributed by atoms with Gasteiger partial charge in [0.25, 0.3) is 6.02 Å². The number of alkyl halides is 4. The zero-order chi connectivity index (χ0) is 20.7. The largest absolute Gasteiger partial charge is 0.459 e. The molecule has 0 fully saturated rings. The molecule has 11 heteroatoms. The number of aliphatic imine (C=N–C) groups is 1. The minimum absolute atomic E-state index is 0.185. The van der Waals surface area contributed by atoms with Crippen molar-refractivity contribution in [1.82, 2.24) is 9.78 Å². The summed E-state index contributed by atoms with van der Waals surface area (Å²) in [5.41, 5.74) is 2.54. The van der Waals surface area contributed by atoms with E-state index in [4.69, 9.17) is 5.73 Å². The molecule has 2 heterocycles. The third-order valence-electron chi connectivity index (χ3n) is 4.46. The molecule has 0 bridgehead atoms. The molecule has 1 aliphatic heterocycles. The Bertz CT molecular complexity index is 943. The molecule has 1 aliphatic rings. The van der Waals surface area contributed by atoms with E-state index in [2.05, 4.69) is 14.8 Å². The van der Waals surface area contributed by atoms with E-state index in [1.807, 2.05) is 0 Å². The monoisotopic (exact) mass is 402 g/mol. The number of hydrogen-bond acceptors (Lipinski definition) is 5. The van der Waals surface area contributed by atoms with Gasteiger partial charge in [-0.05, 0) is 30.7 Å². The summed E-state index contributed by atoms with van der Waals surface area (Å²) in [5.74, 6) is -5.15. The van der Waals surface area contributed by atoms with E-state index in [-0.39, 0.29) is 17.7 Å². The summed E-state index contributed by atoms with van der Waals surface area (Å²) in [4.78, 5) is 15.8. The Hall–Kier alpha value is -2.98. The number of carbonyl (C=O) groups is 1. The van der Waals surface area contributed by atoms with Gasteiger partial charge >= 0.3 is 12.5 Å². The van der Waals surface area contributed by atoms with Crippen LogP contribution < -0.4 is 5.73 Å². The molecule has 2 aromatic rings. The number of aromatic nitrogens is 2. The van der Waals surface area contributed by atoms with E-state index in [9.17, 15) is 26.7 Å². The van der Waals surface area contributed by atoms with Gasteiger partial charge in [-0.1, -0.05) is 6.07 Å². The van der Waals surface area contributed by atoms with Crippen LogP contribution in [0.4, 0.5) is 22.0 Å². The molecule has 6 nitrogen and oxygen atoms in total. The molecule has 1 atom stereocenters. The van der Waals surface area contributed by atoms with Gasteiger partial charge in [0, 0.05) is 18.2 Å². The second-order valence-electron chi connectivity index (χ2n) is 6.39. The summed E-state index contributed by atoms with van der Waals surface area (Å²) < 4.78 is 73.2. The lowest BCUT2D eigenvalue weighted by molar-refractivity contribution is -0.117. The Morgan fingerprint density at radius 1 is 1.36 bits per heavy atom. The molecule has 0 aliphatic carbocycles. The van der Waals surface area contributed by atoms with E-state index in [1.54, 1.807) is 0 Å². The quantitative estimate of drug-likeness (QED) is 0.616. The van der Waals surface area contributed by atoms with Crippen LogP contribution in [0.1, 0.15) is 35.1 Å². The van der Waals surface area contributed by atoms with Crippen molar-refractivity contribution in [2.24, 2.45) is 10.7 Å². The van der Waals surface area contributed by atoms with Gasteiger partial charge in [-0.2, -0.15) is 22.7 Å². The zero-order valence-electron chi connectivity index (χ0n) is 14.5. The van der Waals surface area contributed by atoms with Gasteiger partial charge in [0.15, 0.2) is 17.9 Å². The van der Waals surface area contributed by atoms with E-state index >= 15 is 0 Å². The van der Waals surface area contributed by atoms with Crippen molar-refractivity contribution in [2.75, 3.05) is 6.61 Å². The number of amidine groups is 1. The highest BCUT2D eigenvalue weighted by molar-refractivity contribution is 5.95. The van der Waals surface area contributed by atoms with Crippen LogP contribution in [0.2, 0.25) is 0 Å². The van der Waals surface area contributed by atoms with Crippen molar-refractivity contribution in [1.29, 1.82) is 0 Å². The van der Waals surface area contributed by atoms with Crippen molar-refractivity contribution in [3.8, 4) is 0 Å². The number of halogens is 5. The Balaban J connectivity index is 1.93. The first-order chi connectivity index (χ1) is 13.0. The summed E-state index contributed by atoms with van der Waals surface area (Å²) in [5, 5.41) is 3.45. The van der Waals surface area contributed by atoms with Crippen LogP contribution in [-0.4, -0.2) is 34.1 Å². The van der Waals surface area contributed by atoms with Gasteiger partial charge in [-0.15, -0.1) is 0 Å². The van der Waals surface area contributed by atoms with Gasteiger partial charge < -0.3 is 10.5 Å². The van der Waals surface area contributed by atoms with Gasteiger partial charge in [-0.25, -0.2) is 14.1 Å². The van der Waals surface area contributed by atoms with E-state index < -0.39 is 47.8 Å². The minimum Gasteiger partial charge on any atom is -0.459 e. The maximum absolute atomic E-state index is 14.4. The first-order valence-electron chi connectivity index (χ1n) is 8.05. The molecule has 0 spiro atoms. The van der Waals surface area contributed by atoms with Crippen molar-refractivity contribution >= 4 is 11.8 Å². The lowest BCUT2D eigenvalue weighted by atomic mass is 9.84. The van der Waals surface area contributed by atoms with Gasteiger partial charge in [0.1, 0.15) is 11.5 Å². The van der Waals surface area contributed by atoms with Gasteiger partial charge in [0.05, 0.1) is 0 Å². The number of ketones is 1. The number of ether oxygens (including phenoxy) is 1. The fraction of sp³-hybridized carbons (Fsp3) is 0.353. The first-order valence-corrected chi connectivity index (χ1v) is 8.05. The highest BCUT2D eigenvalue weighted by Gasteiger charge is 2.56. The highest BCUT2D eigenvalue weighted by Crippen LogP contribution is 2.44. The number of benzene rings is 1.